The molecule has 0 bridgehead atoms. The maximum atomic E-state index is 13.1. The standard InChI is InChI=1S/C15H20FN3O/c1-4-15(2,3)14(20)17-8-7-13-18-11-6-5-10(16)9-12(11)19-13/h5-6,9H,4,7-8H2,1-3H3,(H,17,20)(H,18,19). The summed E-state index contributed by atoms with van der Waals surface area (Å²) in [5.41, 5.74) is 1.07. The molecule has 1 amide bonds. The van der Waals surface area contributed by atoms with Gasteiger partial charge in [0.25, 0.3) is 0 Å². The molecule has 20 heavy (non-hydrogen) atoms. The molecule has 4 nitrogen and oxygen atoms in total. The number of nitrogens with one attached hydrogen (secondary N) is 2. The predicted octanol–water partition coefficient (Wildman–Crippen LogP) is 2.80. The Balaban J connectivity index is 1.95. The predicted molar refractivity (Wildman–Crippen MR) is 76.8 cm³/mol. The number of halogens is 1. The zero-order valence-electron chi connectivity index (χ0n) is 12.1. The summed E-state index contributed by atoms with van der Waals surface area (Å²) in [4.78, 5) is 19.3. The highest BCUT2D eigenvalue weighted by molar-refractivity contribution is 5.81. The molecule has 0 aliphatic rings. The van der Waals surface area contributed by atoms with E-state index in [9.17, 15) is 9.18 Å². The number of benzene rings is 1. The first kappa shape index (κ1) is 14.5. The summed E-state index contributed by atoms with van der Waals surface area (Å²) in [6.07, 6.45) is 1.39. The average Bonchev–Trinajstić information content (AvgIpc) is 2.80. The third-order valence-electron chi connectivity index (χ3n) is 3.64. The van der Waals surface area contributed by atoms with E-state index in [0.717, 1.165) is 17.8 Å². The molecule has 1 heterocycles. The van der Waals surface area contributed by atoms with Gasteiger partial charge in [0, 0.05) is 18.4 Å². The molecule has 2 N–H and O–H groups in total. The normalized spacial score (nSPS) is 11.8. The zero-order valence-corrected chi connectivity index (χ0v) is 12.1. The fourth-order valence-corrected chi connectivity index (χ4v) is 1.85. The third-order valence-corrected chi connectivity index (χ3v) is 3.64. The largest absolute Gasteiger partial charge is 0.355 e. The first-order valence-electron chi connectivity index (χ1n) is 6.85. The molecule has 0 aliphatic heterocycles. The Bertz CT molecular complexity index is 619. The Labute approximate surface area is 117 Å². The highest BCUT2D eigenvalue weighted by Gasteiger charge is 2.24. The number of fused-ring (bicyclic) bond motifs is 1. The van der Waals surface area contributed by atoms with Crippen molar-refractivity contribution in [3.8, 4) is 0 Å². The fraction of sp³-hybridized carbons (Fsp3) is 0.467. The van der Waals surface area contributed by atoms with Gasteiger partial charge in [-0.1, -0.05) is 20.8 Å². The minimum Gasteiger partial charge on any atom is -0.355 e. The van der Waals surface area contributed by atoms with Gasteiger partial charge in [0.1, 0.15) is 11.6 Å². The topological polar surface area (TPSA) is 57.8 Å². The van der Waals surface area contributed by atoms with Crippen LogP contribution >= 0.6 is 0 Å². The maximum absolute atomic E-state index is 13.1. The molecule has 2 rings (SSSR count). The molecule has 2 aromatic rings. The van der Waals surface area contributed by atoms with E-state index in [0.29, 0.717) is 18.5 Å². The van der Waals surface area contributed by atoms with Crippen LogP contribution in [0.5, 0.6) is 0 Å². The van der Waals surface area contributed by atoms with Crippen molar-refractivity contribution in [2.45, 2.75) is 33.6 Å². The molecular formula is C15H20FN3O. The molecule has 108 valence electrons. The van der Waals surface area contributed by atoms with Gasteiger partial charge in [-0.2, -0.15) is 0 Å². The van der Waals surface area contributed by atoms with Crippen LogP contribution in [0.4, 0.5) is 4.39 Å². The number of carbonyl (C=O) groups excluding carboxylic acids is 1. The molecular weight excluding hydrogens is 257 g/mol. The number of imidazole rings is 1. The van der Waals surface area contributed by atoms with Gasteiger partial charge in [0.15, 0.2) is 0 Å². The smallest absolute Gasteiger partial charge is 0.225 e. The molecule has 0 fully saturated rings. The first-order chi connectivity index (χ1) is 9.42. The number of hydrogen-bond donors (Lipinski definition) is 2. The second-order valence-electron chi connectivity index (χ2n) is 5.59. The average molecular weight is 277 g/mol. The Kier molecular flexibility index (Phi) is 4.06. The van der Waals surface area contributed by atoms with E-state index in [1.165, 1.54) is 12.1 Å². The fourth-order valence-electron chi connectivity index (χ4n) is 1.85. The summed E-state index contributed by atoms with van der Waals surface area (Å²) in [7, 11) is 0. The van der Waals surface area contributed by atoms with Crippen LogP contribution in [0.1, 0.15) is 33.0 Å². The lowest BCUT2D eigenvalue weighted by molar-refractivity contribution is -0.129. The first-order valence-corrected chi connectivity index (χ1v) is 6.85. The number of aromatic amines is 1. The van der Waals surface area contributed by atoms with E-state index in [4.69, 9.17) is 0 Å². The quantitative estimate of drug-likeness (QED) is 0.883. The van der Waals surface area contributed by atoms with Crippen LogP contribution in [0, 0.1) is 11.2 Å². The second kappa shape index (κ2) is 5.61. The van der Waals surface area contributed by atoms with Crippen molar-refractivity contribution in [2.24, 2.45) is 5.41 Å². The molecule has 0 unspecified atom stereocenters. The summed E-state index contributed by atoms with van der Waals surface area (Å²) in [6, 6.07) is 4.45. The van der Waals surface area contributed by atoms with E-state index in [2.05, 4.69) is 15.3 Å². The van der Waals surface area contributed by atoms with Gasteiger partial charge in [0.2, 0.25) is 5.91 Å². The van der Waals surface area contributed by atoms with E-state index in [1.807, 2.05) is 20.8 Å². The van der Waals surface area contributed by atoms with Crippen LogP contribution in [0.25, 0.3) is 11.0 Å². The Morgan fingerprint density at radius 3 is 2.90 bits per heavy atom. The van der Waals surface area contributed by atoms with Gasteiger partial charge in [-0.25, -0.2) is 9.37 Å². The molecule has 0 aliphatic carbocycles. The molecule has 0 radical (unpaired) electrons. The third kappa shape index (κ3) is 3.15. The van der Waals surface area contributed by atoms with Crippen molar-refractivity contribution in [1.29, 1.82) is 0 Å². The molecule has 1 aromatic heterocycles. The van der Waals surface area contributed by atoms with Crippen LogP contribution in [-0.4, -0.2) is 22.4 Å². The monoisotopic (exact) mass is 277 g/mol. The summed E-state index contributed by atoms with van der Waals surface area (Å²) in [5.74, 6) is 0.507. The van der Waals surface area contributed by atoms with E-state index in [-0.39, 0.29) is 17.1 Å². The number of amides is 1. The number of H-pyrrole nitrogens is 1. The van der Waals surface area contributed by atoms with Gasteiger partial charge in [-0.3, -0.25) is 4.79 Å². The molecule has 0 spiro atoms. The number of carbonyl (C=O) groups is 1. The molecule has 5 heteroatoms. The minimum absolute atomic E-state index is 0.0437. The molecule has 0 saturated carbocycles. The van der Waals surface area contributed by atoms with Crippen molar-refractivity contribution >= 4 is 16.9 Å². The van der Waals surface area contributed by atoms with Crippen LogP contribution in [0.3, 0.4) is 0 Å². The lowest BCUT2D eigenvalue weighted by Gasteiger charge is -2.21. The maximum Gasteiger partial charge on any atom is 0.225 e. The van der Waals surface area contributed by atoms with Gasteiger partial charge < -0.3 is 10.3 Å². The van der Waals surface area contributed by atoms with Gasteiger partial charge in [0.05, 0.1) is 11.0 Å². The van der Waals surface area contributed by atoms with E-state index >= 15 is 0 Å². The van der Waals surface area contributed by atoms with Crippen LogP contribution in [0.2, 0.25) is 0 Å². The molecule has 1 aromatic carbocycles. The summed E-state index contributed by atoms with van der Waals surface area (Å²) < 4.78 is 13.1. The lowest BCUT2D eigenvalue weighted by atomic mass is 9.89. The number of aromatic nitrogens is 2. The Morgan fingerprint density at radius 2 is 2.20 bits per heavy atom. The van der Waals surface area contributed by atoms with Crippen LogP contribution < -0.4 is 5.32 Å². The summed E-state index contributed by atoms with van der Waals surface area (Å²) in [6.45, 7) is 6.36. The van der Waals surface area contributed by atoms with Crippen molar-refractivity contribution in [1.82, 2.24) is 15.3 Å². The van der Waals surface area contributed by atoms with Crippen LogP contribution in [0.15, 0.2) is 18.2 Å². The zero-order chi connectivity index (χ0) is 14.8. The van der Waals surface area contributed by atoms with Crippen molar-refractivity contribution in [3.05, 3.63) is 29.8 Å². The number of rotatable bonds is 5. The van der Waals surface area contributed by atoms with Gasteiger partial charge >= 0.3 is 0 Å². The second-order valence-corrected chi connectivity index (χ2v) is 5.59. The molecule has 0 atom stereocenters. The Hall–Kier alpha value is -1.91. The lowest BCUT2D eigenvalue weighted by Crippen LogP contribution is -2.37. The Morgan fingerprint density at radius 1 is 1.45 bits per heavy atom. The van der Waals surface area contributed by atoms with Gasteiger partial charge in [-0.05, 0) is 24.6 Å². The van der Waals surface area contributed by atoms with Gasteiger partial charge in [-0.15, -0.1) is 0 Å². The van der Waals surface area contributed by atoms with Crippen molar-refractivity contribution in [3.63, 3.8) is 0 Å². The molecule has 0 saturated heterocycles. The van der Waals surface area contributed by atoms with Crippen LogP contribution in [-0.2, 0) is 11.2 Å². The van der Waals surface area contributed by atoms with E-state index in [1.54, 1.807) is 6.07 Å². The summed E-state index contributed by atoms with van der Waals surface area (Å²) >= 11 is 0. The van der Waals surface area contributed by atoms with E-state index < -0.39 is 0 Å². The number of hydrogen-bond acceptors (Lipinski definition) is 2. The van der Waals surface area contributed by atoms with Crippen molar-refractivity contribution < 1.29 is 9.18 Å². The minimum atomic E-state index is -0.350. The van der Waals surface area contributed by atoms with Crippen molar-refractivity contribution in [2.75, 3.05) is 6.54 Å². The highest BCUT2D eigenvalue weighted by atomic mass is 19.1. The summed E-state index contributed by atoms with van der Waals surface area (Å²) in [5, 5.41) is 2.91. The highest BCUT2D eigenvalue weighted by Crippen LogP contribution is 2.19. The number of nitrogens with zero attached hydrogens (tertiary/aromatic N) is 1. The SMILES string of the molecule is CCC(C)(C)C(=O)NCCc1nc2ccc(F)cc2[nH]1.